The summed E-state index contributed by atoms with van der Waals surface area (Å²) in [5, 5.41) is 13.5. The number of nitrogens with zero attached hydrogens (tertiary/aromatic N) is 2. The molecule has 10 heteroatoms. The number of carbonyl (C=O) groups is 3. The molecule has 0 radical (unpaired) electrons. The summed E-state index contributed by atoms with van der Waals surface area (Å²) in [5.74, 6) is -1.13. The Morgan fingerprint density at radius 1 is 1.12 bits per heavy atom. The minimum absolute atomic E-state index is 0. The Balaban J connectivity index is 0.00000363. The average Bonchev–Trinajstić information content (AvgIpc) is 3.55. The number of ether oxygens (including phenoxy) is 2. The molecule has 2 amide bonds. The van der Waals surface area contributed by atoms with E-state index in [1.807, 2.05) is 38.1 Å². The molecule has 3 rings (SSSR count). The van der Waals surface area contributed by atoms with Gasteiger partial charge in [0.25, 0.3) is 5.91 Å². The summed E-state index contributed by atoms with van der Waals surface area (Å²) in [7, 11) is 1.64. The number of nitrogens with one attached hydrogen (secondary N) is 1. The van der Waals surface area contributed by atoms with Gasteiger partial charge in [-0.25, -0.2) is 0 Å². The molecule has 32 heavy (non-hydrogen) atoms. The number of carboxylic acids is 1. The van der Waals surface area contributed by atoms with Gasteiger partial charge in [-0.1, -0.05) is 26.0 Å². The Morgan fingerprint density at radius 2 is 1.75 bits per heavy atom. The van der Waals surface area contributed by atoms with Crippen molar-refractivity contribution in [2.75, 3.05) is 33.3 Å². The molecule has 2 aliphatic heterocycles. The quantitative estimate of drug-likeness (QED) is 0.302. The van der Waals surface area contributed by atoms with Crippen molar-refractivity contribution in [3.63, 3.8) is 0 Å². The van der Waals surface area contributed by atoms with Crippen molar-refractivity contribution >= 4 is 17.8 Å². The van der Waals surface area contributed by atoms with Crippen molar-refractivity contribution in [2.24, 2.45) is 5.92 Å². The fourth-order valence-electron chi connectivity index (χ4n) is 3.77. The summed E-state index contributed by atoms with van der Waals surface area (Å²) >= 11 is 0. The Bertz CT molecular complexity index is 795. The van der Waals surface area contributed by atoms with Crippen molar-refractivity contribution < 1.29 is 58.5 Å². The van der Waals surface area contributed by atoms with Crippen molar-refractivity contribution in [2.45, 2.75) is 45.1 Å². The summed E-state index contributed by atoms with van der Waals surface area (Å²) in [5.41, 5.74) is 1.18. The SMILES string of the molecule is COc1ccc(CN2CCN(C(=O)C(CC(C)C)NC(=O)C3OC3C(=O)[O-])CC2)cc1.[Na+]. The third-order valence-electron chi connectivity index (χ3n) is 5.55. The van der Waals surface area contributed by atoms with Gasteiger partial charge in [0.05, 0.1) is 13.1 Å². The first-order valence-corrected chi connectivity index (χ1v) is 10.6. The zero-order valence-corrected chi connectivity index (χ0v) is 21.2. The average molecular weight is 455 g/mol. The minimum atomic E-state index is -1.42. The van der Waals surface area contributed by atoms with Gasteiger partial charge in [-0.3, -0.25) is 14.5 Å². The molecule has 2 aliphatic rings. The Morgan fingerprint density at radius 3 is 2.25 bits per heavy atom. The molecule has 0 aliphatic carbocycles. The van der Waals surface area contributed by atoms with Crippen LogP contribution in [0.3, 0.4) is 0 Å². The predicted octanol–water partition coefficient (Wildman–Crippen LogP) is -3.61. The van der Waals surface area contributed by atoms with E-state index in [0.717, 1.165) is 25.4 Å². The van der Waals surface area contributed by atoms with Crippen LogP contribution in [-0.4, -0.2) is 79.1 Å². The summed E-state index contributed by atoms with van der Waals surface area (Å²) < 4.78 is 10.0. The van der Waals surface area contributed by atoms with Crippen LogP contribution in [0.4, 0.5) is 0 Å². The number of piperazine rings is 1. The zero-order chi connectivity index (χ0) is 22.5. The second-order valence-corrected chi connectivity index (χ2v) is 8.44. The third-order valence-corrected chi connectivity index (χ3v) is 5.55. The van der Waals surface area contributed by atoms with Gasteiger partial charge in [-0.05, 0) is 30.0 Å². The van der Waals surface area contributed by atoms with E-state index in [2.05, 4.69) is 10.2 Å². The van der Waals surface area contributed by atoms with Gasteiger partial charge in [-0.15, -0.1) is 0 Å². The predicted molar refractivity (Wildman–Crippen MR) is 110 cm³/mol. The number of carbonyl (C=O) groups excluding carboxylic acids is 3. The number of rotatable bonds is 9. The summed E-state index contributed by atoms with van der Waals surface area (Å²) in [6.45, 7) is 7.34. The number of amides is 2. The van der Waals surface area contributed by atoms with Crippen molar-refractivity contribution in [1.82, 2.24) is 15.1 Å². The van der Waals surface area contributed by atoms with Gasteiger partial charge in [0, 0.05) is 32.7 Å². The molecule has 3 unspecified atom stereocenters. The number of hydrogen-bond acceptors (Lipinski definition) is 7. The second-order valence-electron chi connectivity index (χ2n) is 8.44. The van der Waals surface area contributed by atoms with E-state index < -0.39 is 30.1 Å². The van der Waals surface area contributed by atoms with Gasteiger partial charge in [0.2, 0.25) is 5.91 Å². The van der Waals surface area contributed by atoms with E-state index in [4.69, 9.17) is 9.47 Å². The fourth-order valence-corrected chi connectivity index (χ4v) is 3.77. The third kappa shape index (κ3) is 7.18. The van der Waals surface area contributed by atoms with Crippen LogP contribution in [0.15, 0.2) is 24.3 Å². The molecule has 0 saturated carbocycles. The Labute approximate surface area is 210 Å². The topological polar surface area (TPSA) is 115 Å². The molecule has 2 saturated heterocycles. The van der Waals surface area contributed by atoms with Gasteiger partial charge >= 0.3 is 29.6 Å². The normalized spacial score (nSPS) is 21.4. The molecular weight excluding hydrogens is 425 g/mol. The largest absolute Gasteiger partial charge is 1.00 e. The first-order valence-electron chi connectivity index (χ1n) is 10.6. The molecule has 9 nitrogen and oxygen atoms in total. The number of hydrogen-bond donors (Lipinski definition) is 1. The van der Waals surface area contributed by atoms with E-state index in [0.29, 0.717) is 19.5 Å². The molecule has 1 N–H and O–H groups in total. The van der Waals surface area contributed by atoms with Crippen LogP contribution in [0.5, 0.6) is 5.75 Å². The monoisotopic (exact) mass is 455 g/mol. The maximum atomic E-state index is 13.1. The van der Waals surface area contributed by atoms with E-state index >= 15 is 0 Å². The van der Waals surface area contributed by atoms with Crippen LogP contribution in [0.25, 0.3) is 0 Å². The van der Waals surface area contributed by atoms with Crippen molar-refractivity contribution in [3.8, 4) is 5.75 Å². The van der Waals surface area contributed by atoms with Crippen LogP contribution in [0.1, 0.15) is 25.8 Å². The maximum absolute atomic E-state index is 13.1. The van der Waals surface area contributed by atoms with Crippen LogP contribution >= 0.6 is 0 Å². The number of carboxylic acid groups (broad SMARTS) is 1. The first-order chi connectivity index (χ1) is 14.8. The van der Waals surface area contributed by atoms with Gasteiger partial charge < -0.3 is 29.6 Å². The Hall–Kier alpha value is -1.65. The molecule has 170 valence electrons. The molecule has 0 aromatic heterocycles. The first kappa shape index (κ1) is 26.6. The smallest absolute Gasteiger partial charge is 0.547 e. The van der Waals surface area contributed by atoms with Gasteiger partial charge in [0.15, 0.2) is 6.10 Å². The molecule has 3 atom stereocenters. The van der Waals surface area contributed by atoms with Crippen LogP contribution < -0.4 is 44.7 Å². The van der Waals surface area contributed by atoms with Crippen LogP contribution in [-0.2, 0) is 25.7 Å². The van der Waals surface area contributed by atoms with Gasteiger partial charge in [0.1, 0.15) is 17.9 Å². The maximum Gasteiger partial charge on any atom is 1.00 e. The standard InChI is InChI=1S/C22H31N3O6.Na/c1-14(2)12-17(23-20(26)18-19(31-18)22(28)29)21(27)25-10-8-24(9-11-25)13-15-4-6-16(30-3)7-5-15;/h4-7,14,17-19H,8-13H2,1-3H3,(H,23,26)(H,28,29);/q;+1/p-1. The van der Waals surface area contributed by atoms with Crippen LogP contribution in [0.2, 0.25) is 0 Å². The van der Waals surface area contributed by atoms with Crippen molar-refractivity contribution in [1.29, 1.82) is 0 Å². The van der Waals surface area contributed by atoms with E-state index in [1.165, 1.54) is 5.56 Å². The minimum Gasteiger partial charge on any atom is -0.547 e. The number of aliphatic carboxylic acids is 1. The Kier molecular flexibility index (Phi) is 9.97. The van der Waals surface area contributed by atoms with Gasteiger partial charge in [-0.2, -0.15) is 0 Å². The number of epoxide rings is 1. The molecule has 2 heterocycles. The van der Waals surface area contributed by atoms with E-state index in [9.17, 15) is 19.5 Å². The fraction of sp³-hybridized carbons (Fsp3) is 0.591. The summed E-state index contributed by atoms with van der Waals surface area (Å²) in [6, 6.07) is 7.23. The molecule has 0 bridgehead atoms. The van der Waals surface area contributed by atoms with Crippen LogP contribution in [0, 0.1) is 5.92 Å². The molecule has 1 aromatic carbocycles. The summed E-state index contributed by atoms with van der Waals surface area (Å²) in [6.07, 6.45) is -1.83. The summed E-state index contributed by atoms with van der Waals surface area (Å²) in [4.78, 5) is 40.2. The van der Waals surface area contributed by atoms with Crippen molar-refractivity contribution in [3.05, 3.63) is 29.8 Å². The number of methoxy groups -OCH3 is 1. The zero-order valence-electron chi connectivity index (χ0n) is 19.2. The molecule has 0 spiro atoms. The van der Waals surface area contributed by atoms with E-state index in [1.54, 1.807) is 12.0 Å². The molecule has 1 aromatic rings. The number of benzene rings is 1. The molecular formula is C22H30N3NaO6. The van der Waals surface area contributed by atoms with E-state index in [-0.39, 0.29) is 41.4 Å². The second kappa shape index (κ2) is 12.0. The molecule has 2 fully saturated rings.